The fourth-order valence-electron chi connectivity index (χ4n) is 13.3. The van der Waals surface area contributed by atoms with Crippen molar-refractivity contribution in [2.45, 2.75) is 142 Å². The minimum atomic E-state index is -1.30. The maximum Gasteiger partial charge on any atom is 0.170 e. The number of morpholine rings is 1. The van der Waals surface area contributed by atoms with Crippen molar-refractivity contribution in [3.8, 4) is 0 Å². The summed E-state index contributed by atoms with van der Waals surface area (Å²) in [7, 11) is 0. The van der Waals surface area contributed by atoms with Gasteiger partial charge in [-0.25, -0.2) is 0 Å². The molecule has 259 valence electrons. The van der Waals surface area contributed by atoms with E-state index in [1.165, 1.54) is 19.3 Å². The first-order chi connectivity index (χ1) is 21.6. The molecule has 3 N–H and O–H groups in total. The van der Waals surface area contributed by atoms with Gasteiger partial charge in [0, 0.05) is 37.1 Å². The highest BCUT2D eigenvalue weighted by Gasteiger charge is 2.85. The van der Waals surface area contributed by atoms with Gasteiger partial charge in [-0.1, -0.05) is 34.6 Å². The van der Waals surface area contributed by atoms with E-state index in [1.54, 1.807) is 19.8 Å². The summed E-state index contributed by atoms with van der Waals surface area (Å²) in [6, 6.07) is 0.493. The van der Waals surface area contributed by atoms with E-state index < -0.39 is 17.8 Å². The predicted octanol–water partition coefficient (Wildman–Crippen LogP) is 5.05. The van der Waals surface area contributed by atoms with Crippen LogP contribution in [0.15, 0.2) is 0 Å². The molecule has 8 fully saturated rings. The first-order valence-corrected chi connectivity index (χ1v) is 18.5. The molecule has 3 saturated heterocycles. The van der Waals surface area contributed by atoms with Crippen LogP contribution in [-0.4, -0.2) is 89.4 Å². The Labute approximate surface area is 277 Å². The highest BCUT2D eigenvalue weighted by molar-refractivity contribution is 5.45. The molecule has 8 rings (SSSR count). The molecule has 0 aromatic carbocycles. The Morgan fingerprint density at radius 3 is 2.54 bits per heavy atom. The summed E-state index contributed by atoms with van der Waals surface area (Å²) in [4.78, 5) is 2.52. The summed E-state index contributed by atoms with van der Waals surface area (Å²) >= 11 is 0. The summed E-state index contributed by atoms with van der Waals surface area (Å²) in [6.45, 7) is 19.4. The Bertz CT molecular complexity index is 1180. The molecule has 5 aliphatic carbocycles. The third-order valence-electron chi connectivity index (χ3n) is 15.8. The molecular weight excluding hydrogens is 582 g/mol. The van der Waals surface area contributed by atoms with Gasteiger partial charge in [-0.15, -0.1) is 0 Å². The van der Waals surface area contributed by atoms with E-state index in [9.17, 15) is 15.3 Å². The fourth-order valence-corrected chi connectivity index (χ4v) is 13.3. The van der Waals surface area contributed by atoms with Gasteiger partial charge < -0.3 is 34.3 Å². The molecular formula is C38H60NO7. The van der Waals surface area contributed by atoms with E-state index in [4.69, 9.17) is 18.9 Å². The number of nitrogens with zero attached hydrogens (tertiary/aromatic N) is 1. The van der Waals surface area contributed by atoms with E-state index in [0.717, 1.165) is 71.1 Å². The van der Waals surface area contributed by atoms with Crippen molar-refractivity contribution >= 4 is 0 Å². The number of rotatable bonds is 5. The van der Waals surface area contributed by atoms with Crippen LogP contribution in [0.5, 0.6) is 0 Å². The predicted molar refractivity (Wildman–Crippen MR) is 172 cm³/mol. The van der Waals surface area contributed by atoms with Gasteiger partial charge in [-0.2, -0.15) is 0 Å². The van der Waals surface area contributed by atoms with Gasteiger partial charge in [-0.05, 0) is 111 Å². The SMILES string of the molecule is C[C@@H]1C[C]([C@H](O)C(C)(C)O)O[C]2[C@H]1[C@@]1(C)CC[C@@]34C[C@@]35CCC(O[C@H]3CN(C6CCOC6)CCO3)C(C)(C)[C@@H]5CC[C]4[C@]1(C)[C@H]2O. The molecule has 2 spiro atoms. The van der Waals surface area contributed by atoms with Crippen molar-refractivity contribution in [3.63, 3.8) is 0 Å². The lowest BCUT2D eigenvalue weighted by atomic mass is 9.41. The Kier molecular flexibility index (Phi) is 7.57. The molecule has 12 atom stereocenters. The topological polar surface area (TPSA) is 101 Å². The quantitative estimate of drug-likeness (QED) is 0.383. The third-order valence-corrected chi connectivity index (χ3v) is 15.8. The zero-order valence-corrected chi connectivity index (χ0v) is 29.4. The van der Waals surface area contributed by atoms with E-state index in [0.29, 0.717) is 24.5 Å². The molecule has 5 saturated carbocycles. The van der Waals surface area contributed by atoms with Crippen molar-refractivity contribution in [1.29, 1.82) is 0 Å². The monoisotopic (exact) mass is 642 g/mol. The normalized spacial score (nSPS) is 51.9. The average molecular weight is 643 g/mol. The van der Waals surface area contributed by atoms with Crippen molar-refractivity contribution in [1.82, 2.24) is 4.90 Å². The van der Waals surface area contributed by atoms with Crippen molar-refractivity contribution < 1.29 is 34.3 Å². The second-order valence-electron chi connectivity index (χ2n) is 18.5. The second kappa shape index (κ2) is 10.6. The Morgan fingerprint density at radius 2 is 1.83 bits per heavy atom. The van der Waals surface area contributed by atoms with E-state index in [2.05, 4.69) is 39.5 Å². The number of ether oxygens (including phenoxy) is 4. The van der Waals surface area contributed by atoms with Gasteiger partial charge in [-0.3, -0.25) is 4.90 Å². The Hall–Kier alpha value is -0.320. The lowest BCUT2D eigenvalue weighted by Crippen LogP contribution is -2.59. The van der Waals surface area contributed by atoms with Crippen LogP contribution in [0.3, 0.4) is 0 Å². The number of aliphatic hydroxyl groups excluding tert-OH is 2. The lowest BCUT2D eigenvalue weighted by molar-refractivity contribution is -0.245. The minimum absolute atomic E-state index is 0.0444. The number of fused-ring (bicyclic) bond motifs is 4. The smallest absolute Gasteiger partial charge is 0.170 e. The summed E-state index contributed by atoms with van der Waals surface area (Å²) in [5.41, 5.74) is -1.26. The van der Waals surface area contributed by atoms with E-state index >= 15 is 0 Å². The van der Waals surface area contributed by atoms with Crippen LogP contribution in [0.1, 0.15) is 106 Å². The van der Waals surface area contributed by atoms with Gasteiger partial charge in [0.15, 0.2) is 6.29 Å². The van der Waals surface area contributed by atoms with Crippen LogP contribution >= 0.6 is 0 Å². The molecule has 8 nitrogen and oxygen atoms in total. The molecule has 3 aliphatic heterocycles. The van der Waals surface area contributed by atoms with Crippen LogP contribution < -0.4 is 0 Å². The standard InChI is InChI=1S/C38H60NO7/c1-22-18-24(31(40)34(4,5)42)45-30-29(22)35(6)13-14-38-21-37(38)12-10-27(46-28-19-39(15-17-44-28)23-11-16-43-20-23)33(2,3)25(37)8-9-26(38)36(35,7)32(30)41/h22-23,25,27-29,31-32,40-42H,8-21H2,1-7H3/t22-,23?,25+,27?,28+,29+,31+,32+,35-,36-,37-,38+/m1/s1. The van der Waals surface area contributed by atoms with Crippen LogP contribution in [0.2, 0.25) is 0 Å². The summed E-state index contributed by atoms with van der Waals surface area (Å²) in [5.74, 6) is 2.56. The largest absolute Gasteiger partial charge is 0.389 e. The molecule has 0 aromatic rings. The van der Waals surface area contributed by atoms with Crippen molar-refractivity contribution in [2.24, 2.45) is 44.8 Å². The van der Waals surface area contributed by atoms with Crippen LogP contribution in [-0.2, 0) is 18.9 Å². The van der Waals surface area contributed by atoms with Crippen molar-refractivity contribution in [3.05, 3.63) is 18.1 Å². The maximum absolute atomic E-state index is 12.4. The van der Waals surface area contributed by atoms with E-state index in [1.807, 2.05) is 0 Å². The molecule has 3 heterocycles. The van der Waals surface area contributed by atoms with Gasteiger partial charge in [0.25, 0.3) is 0 Å². The molecule has 8 heteroatoms. The summed E-state index contributed by atoms with van der Waals surface area (Å²) < 4.78 is 25.3. The first-order valence-electron chi connectivity index (χ1n) is 18.5. The highest BCUT2D eigenvalue weighted by atomic mass is 16.7. The second-order valence-corrected chi connectivity index (χ2v) is 18.5. The van der Waals surface area contributed by atoms with Crippen LogP contribution in [0.25, 0.3) is 0 Å². The fraction of sp³-hybridized carbons (Fsp3) is 0.921. The Balaban J connectivity index is 1.02. The molecule has 0 bridgehead atoms. The molecule has 2 unspecified atom stereocenters. The molecule has 46 heavy (non-hydrogen) atoms. The number of hydrogen-bond donors (Lipinski definition) is 3. The van der Waals surface area contributed by atoms with Crippen LogP contribution in [0, 0.1) is 63.0 Å². The molecule has 0 aromatic heterocycles. The third kappa shape index (κ3) is 4.26. The van der Waals surface area contributed by atoms with E-state index in [-0.39, 0.29) is 51.3 Å². The van der Waals surface area contributed by atoms with Crippen LogP contribution in [0.4, 0.5) is 0 Å². The number of aliphatic hydroxyl groups is 3. The lowest BCUT2D eigenvalue weighted by Gasteiger charge is -2.63. The van der Waals surface area contributed by atoms with Crippen molar-refractivity contribution in [2.75, 3.05) is 32.9 Å². The average Bonchev–Trinajstić information content (AvgIpc) is 3.26. The zero-order valence-electron chi connectivity index (χ0n) is 29.4. The summed E-state index contributed by atoms with van der Waals surface area (Å²) in [5, 5.41) is 34.0. The maximum atomic E-state index is 12.4. The first kappa shape index (κ1) is 32.9. The molecule has 8 aliphatic rings. The summed E-state index contributed by atoms with van der Waals surface area (Å²) in [6.07, 6.45) is 9.15. The number of hydrogen-bond acceptors (Lipinski definition) is 8. The Morgan fingerprint density at radius 1 is 1.04 bits per heavy atom. The molecule has 3 radical (unpaired) electrons. The molecule has 0 amide bonds. The van der Waals surface area contributed by atoms with Gasteiger partial charge in [0.1, 0.15) is 18.3 Å². The minimum Gasteiger partial charge on any atom is -0.389 e. The highest BCUT2D eigenvalue weighted by Crippen LogP contribution is 2.90. The van der Waals surface area contributed by atoms with Gasteiger partial charge >= 0.3 is 0 Å². The van der Waals surface area contributed by atoms with Gasteiger partial charge in [0.05, 0.1) is 31.0 Å². The van der Waals surface area contributed by atoms with Gasteiger partial charge in [0.2, 0.25) is 0 Å². The zero-order chi connectivity index (χ0) is 32.7.